The summed E-state index contributed by atoms with van der Waals surface area (Å²) in [5.41, 5.74) is 1.57. The van der Waals surface area contributed by atoms with Gasteiger partial charge in [-0.15, -0.1) is 0 Å². The van der Waals surface area contributed by atoms with Crippen molar-refractivity contribution in [2.45, 2.75) is 57.9 Å². The van der Waals surface area contributed by atoms with E-state index < -0.39 is 0 Å². The molecule has 0 radical (unpaired) electrons. The standard InChI is InChI=1S/C19H25N3O2/c20-13-12-18(23)21-14-16-8-4-5-9-17(16)22-19(24)11-10-15-6-2-1-3-7-15/h4-5,8-9,15H,1-3,6-7,10-12,14H2,(H,21,23)(H,22,24). The fourth-order valence-electron chi connectivity index (χ4n) is 3.15. The van der Waals surface area contributed by atoms with Gasteiger partial charge in [-0.3, -0.25) is 9.59 Å². The van der Waals surface area contributed by atoms with Gasteiger partial charge in [-0.05, 0) is 24.0 Å². The molecule has 1 aliphatic carbocycles. The van der Waals surface area contributed by atoms with Crippen molar-refractivity contribution in [1.29, 1.82) is 5.26 Å². The largest absolute Gasteiger partial charge is 0.351 e. The highest BCUT2D eigenvalue weighted by Gasteiger charge is 2.15. The molecule has 1 fully saturated rings. The molecule has 1 saturated carbocycles. The second-order valence-electron chi connectivity index (χ2n) is 6.36. The summed E-state index contributed by atoms with van der Waals surface area (Å²) in [6.07, 6.45) is 7.73. The van der Waals surface area contributed by atoms with Crippen molar-refractivity contribution in [3.8, 4) is 6.07 Å². The highest BCUT2D eigenvalue weighted by molar-refractivity contribution is 5.91. The van der Waals surface area contributed by atoms with Crippen molar-refractivity contribution in [2.24, 2.45) is 5.92 Å². The van der Waals surface area contributed by atoms with Crippen molar-refractivity contribution >= 4 is 17.5 Å². The van der Waals surface area contributed by atoms with Gasteiger partial charge in [-0.1, -0.05) is 50.3 Å². The lowest BCUT2D eigenvalue weighted by molar-refractivity contribution is -0.120. The van der Waals surface area contributed by atoms with Gasteiger partial charge in [0, 0.05) is 18.7 Å². The average Bonchev–Trinajstić information content (AvgIpc) is 2.60. The Bertz CT molecular complexity index is 601. The van der Waals surface area contributed by atoms with Crippen molar-refractivity contribution in [3.05, 3.63) is 29.8 Å². The van der Waals surface area contributed by atoms with E-state index in [2.05, 4.69) is 10.6 Å². The van der Waals surface area contributed by atoms with Crippen LogP contribution in [0.25, 0.3) is 0 Å². The fraction of sp³-hybridized carbons (Fsp3) is 0.526. The van der Waals surface area contributed by atoms with Crippen molar-refractivity contribution in [1.82, 2.24) is 5.32 Å². The maximum Gasteiger partial charge on any atom is 0.234 e. The summed E-state index contributed by atoms with van der Waals surface area (Å²) in [6, 6.07) is 9.24. The number of nitrogens with one attached hydrogen (secondary N) is 2. The monoisotopic (exact) mass is 327 g/mol. The number of carbonyl (C=O) groups is 2. The SMILES string of the molecule is N#CCC(=O)NCc1ccccc1NC(=O)CCC1CCCCC1. The molecule has 1 aliphatic rings. The van der Waals surface area contributed by atoms with Crippen LogP contribution in [0.4, 0.5) is 5.69 Å². The van der Waals surface area contributed by atoms with Gasteiger partial charge in [0.15, 0.2) is 0 Å². The fourth-order valence-corrected chi connectivity index (χ4v) is 3.15. The first kappa shape index (κ1) is 18.0. The molecule has 0 spiro atoms. The molecular formula is C19H25N3O2. The number of hydrogen-bond donors (Lipinski definition) is 2. The predicted molar refractivity (Wildman–Crippen MR) is 93.0 cm³/mol. The Morgan fingerprint density at radius 3 is 2.62 bits per heavy atom. The first-order chi connectivity index (χ1) is 11.7. The summed E-state index contributed by atoms with van der Waals surface area (Å²) >= 11 is 0. The third-order valence-corrected chi connectivity index (χ3v) is 4.51. The number of hydrogen-bond acceptors (Lipinski definition) is 3. The molecule has 2 amide bonds. The third-order valence-electron chi connectivity index (χ3n) is 4.51. The minimum atomic E-state index is -0.309. The molecule has 0 saturated heterocycles. The Morgan fingerprint density at radius 1 is 1.12 bits per heavy atom. The zero-order chi connectivity index (χ0) is 17.2. The zero-order valence-corrected chi connectivity index (χ0v) is 14.0. The van der Waals surface area contributed by atoms with Gasteiger partial charge in [0.1, 0.15) is 6.42 Å². The quantitative estimate of drug-likeness (QED) is 0.804. The van der Waals surface area contributed by atoms with Crippen LogP contribution in [0.1, 0.15) is 56.9 Å². The second-order valence-corrected chi connectivity index (χ2v) is 6.36. The first-order valence-electron chi connectivity index (χ1n) is 8.70. The van der Waals surface area contributed by atoms with E-state index in [9.17, 15) is 9.59 Å². The number of amides is 2. The molecule has 24 heavy (non-hydrogen) atoms. The van der Waals surface area contributed by atoms with Crippen LogP contribution in [-0.4, -0.2) is 11.8 Å². The number of anilines is 1. The summed E-state index contributed by atoms with van der Waals surface area (Å²) in [4.78, 5) is 23.6. The molecule has 0 bridgehead atoms. The van der Waals surface area contributed by atoms with Crippen molar-refractivity contribution in [2.75, 3.05) is 5.32 Å². The molecule has 0 unspecified atom stereocenters. The molecule has 5 nitrogen and oxygen atoms in total. The highest BCUT2D eigenvalue weighted by Crippen LogP contribution is 2.27. The minimum Gasteiger partial charge on any atom is -0.351 e. The molecule has 0 atom stereocenters. The van der Waals surface area contributed by atoms with Crippen LogP contribution >= 0.6 is 0 Å². The molecule has 5 heteroatoms. The summed E-state index contributed by atoms with van der Waals surface area (Å²) in [7, 11) is 0. The van der Waals surface area contributed by atoms with E-state index in [1.165, 1.54) is 32.1 Å². The Kier molecular flexibility index (Phi) is 7.28. The molecule has 1 aromatic rings. The van der Waals surface area contributed by atoms with Crippen LogP contribution in [0.15, 0.2) is 24.3 Å². The van der Waals surface area contributed by atoms with Crippen LogP contribution in [-0.2, 0) is 16.1 Å². The Morgan fingerprint density at radius 2 is 1.88 bits per heavy atom. The molecule has 2 N–H and O–H groups in total. The van der Waals surface area contributed by atoms with Crippen LogP contribution in [0, 0.1) is 17.2 Å². The van der Waals surface area contributed by atoms with E-state index in [1.54, 1.807) is 0 Å². The van der Waals surface area contributed by atoms with Crippen LogP contribution in [0.5, 0.6) is 0 Å². The Hall–Kier alpha value is -2.35. The lowest BCUT2D eigenvalue weighted by Crippen LogP contribution is -2.23. The molecular weight excluding hydrogens is 302 g/mol. The lowest BCUT2D eigenvalue weighted by atomic mass is 9.86. The minimum absolute atomic E-state index is 0.0244. The zero-order valence-electron chi connectivity index (χ0n) is 14.0. The molecule has 128 valence electrons. The van der Waals surface area contributed by atoms with Gasteiger partial charge in [0.05, 0.1) is 6.07 Å². The molecule has 0 aliphatic heterocycles. The maximum absolute atomic E-state index is 12.2. The molecule has 0 heterocycles. The van der Waals surface area contributed by atoms with Gasteiger partial charge in [0.2, 0.25) is 11.8 Å². The summed E-state index contributed by atoms with van der Waals surface area (Å²) in [5, 5.41) is 14.1. The third kappa shape index (κ3) is 6.04. The van der Waals surface area contributed by atoms with Gasteiger partial charge in [-0.25, -0.2) is 0 Å². The van der Waals surface area contributed by atoms with Crippen LogP contribution in [0.2, 0.25) is 0 Å². The van der Waals surface area contributed by atoms with E-state index in [0.29, 0.717) is 18.9 Å². The highest BCUT2D eigenvalue weighted by atomic mass is 16.2. The lowest BCUT2D eigenvalue weighted by Gasteiger charge is -2.21. The number of rotatable bonds is 7. The molecule has 0 aromatic heterocycles. The predicted octanol–water partition coefficient (Wildman–Crippen LogP) is 3.52. The maximum atomic E-state index is 12.2. The van der Waals surface area contributed by atoms with Gasteiger partial charge >= 0.3 is 0 Å². The number of benzene rings is 1. The summed E-state index contributed by atoms with van der Waals surface area (Å²) in [6.45, 7) is 0.305. The Labute approximate surface area is 143 Å². The van der Waals surface area contributed by atoms with Gasteiger partial charge in [0.25, 0.3) is 0 Å². The smallest absolute Gasteiger partial charge is 0.234 e. The van der Waals surface area contributed by atoms with E-state index >= 15 is 0 Å². The second kappa shape index (κ2) is 9.71. The van der Waals surface area contributed by atoms with E-state index in [1.807, 2.05) is 30.3 Å². The summed E-state index contributed by atoms with van der Waals surface area (Å²) in [5.74, 6) is 0.400. The topological polar surface area (TPSA) is 82.0 Å². The van der Waals surface area contributed by atoms with Crippen LogP contribution in [0.3, 0.4) is 0 Å². The first-order valence-corrected chi connectivity index (χ1v) is 8.70. The molecule has 2 rings (SSSR count). The van der Waals surface area contributed by atoms with E-state index in [-0.39, 0.29) is 18.2 Å². The number of nitrogens with zero attached hydrogens (tertiary/aromatic N) is 1. The van der Waals surface area contributed by atoms with E-state index in [4.69, 9.17) is 5.26 Å². The van der Waals surface area contributed by atoms with Crippen molar-refractivity contribution in [3.63, 3.8) is 0 Å². The van der Waals surface area contributed by atoms with E-state index in [0.717, 1.165) is 17.7 Å². The number of nitriles is 1. The normalized spacial score (nSPS) is 14.6. The van der Waals surface area contributed by atoms with Crippen molar-refractivity contribution < 1.29 is 9.59 Å². The number of para-hydroxylation sites is 1. The van der Waals surface area contributed by atoms with Gasteiger partial charge < -0.3 is 10.6 Å². The number of carbonyl (C=O) groups excluding carboxylic acids is 2. The van der Waals surface area contributed by atoms with Gasteiger partial charge in [-0.2, -0.15) is 5.26 Å². The summed E-state index contributed by atoms with van der Waals surface area (Å²) < 4.78 is 0. The molecule has 1 aromatic carbocycles. The average molecular weight is 327 g/mol. The Balaban J connectivity index is 1.83. The van der Waals surface area contributed by atoms with Crippen LogP contribution < -0.4 is 10.6 Å².